The number of amides is 1. The molecule has 1 amide bonds. The van der Waals surface area contributed by atoms with E-state index in [-0.39, 0.29) is 24.1 Å². The topological polar surface area (TPSA) is 108 Å². The van der Waals surface area contributed by atoms with Gasteiger partial charge in [0.1, 0.15) is 24.1 Å². The van der Waals surface area contributed by atoms with E-state index in [1.54, 1.807) is 21.0 Å². The van der Waals surface area contributed by atoms with E-state index in [0.717, 1.165) is 0 Å². The monoisotopic (exact) mass is 397 g/mol. The lowest BCUT2D eigenvalue weighted by molar-refractivity contribution is -0.155. The first kappa shape index (κ1) is 22.3. The van der Waals surface area contributed by atoms with Crippen LogP contribution in [-0.4, -0.2) is 55.1 Å². The zero-order valence-electron chi connectivity index (χ0n) is 17.4. The Balaban J connectivity index is 2.34. The molecule has 2 rings (SSSR count). The molecule has 0 radical (unpaired) electrons. The predicted molar refractivity (Wildman–Crippen MR) is 99.5 cm³/mol. The predicted octanol–water partition coefficient (Wildman–Crippen LogP) is 1.89. The lowest BCUT2D eigenvalue weighted by Crippen LogP contribution is -2.46. The number of fused-ring (bicyclic) bond motifs is 1. The summed E-state index contributed by atoms with van der Waals surface area (Å²) in [5.41, 5.74) is -0.702. The van der Waals surface area contributed by atoms with Gasteiger partial charge in [0.15, 0.2) is 6.10 Å². The number of hydrogen-bond acceptors (Lipinski definition) is 7. The smallest absolute Gasteiger partial charge is 0.407 e. The molecule has 2 saturated heterocycles. The van der Waals surface area contributed by atoms with Crippen molar-refractivity contribution in [3.63, 3.8) is 0 Å². The van der Waals surface area contributed by atoms with Gasteiger partial charge in [0.2, 0.25) is 0 Å². The van der Waals surface area contributed by atoms with E-state index in [0.29, 0.717) is 12.8 Å². The second-order valence-corrected chi connectivity index (χ2v) is 8.42. The van der Waals surface area contributed by atoms with Crippen LogP contribution in [-0.2, 0) is 28.6 Å². The highest BCUT2D eigenvalue weighted by Gasteiger charge is 2.44. The Hall–Kier alpha value is -1.96. The molecule has 158 valence electrons. The number of esters is 1. The number of alkyl carbamates (subject to hydrolysis) is 1. The van der Waals surface area contributed by atoms with Gasteiger partial charge in [0.25, 0.3) is 0 Å². The minimum Gasteiger partial charge on any atom is -0.461 e. The number of Topliss-reactive ketones (excluding diaryl/α,β-unsaturated/α-hetero) is 2. The SMILES string of the molecule is CO[C@@]1(C)C[C@@H](C)C(=O)C(C)C(=O)OCC2OC(=O)NC2C(C)C(=O)[C@H](C)C1. The van der Waals surface area contributed by atoms with Gasteiger partial charge in [-0.3, -0.25) is 14.4 Å². The lowest BCUT2D eigenvalue weighted by Gasteiger charge is -2.34. The number of rotatable bonds is 1. The van der Waals surface area contributed by atoms with Crippen LogP contribution in [0.15, 0.2) is 0 Å². The Kier molecular flexibility index (Phi) is 6.85. The minimum atomic E-state index is -0.931. The van der Waals surface area contributed by atoms with Gasteiger partial charge < -0.3 is 19.5 Å². The average Bonchev–Trinajstić information content (AvgIpc) is 3.03. The second-order valence-electron chi connectivity index (χ2n) is 8.42. The number of ketones is 2. The van der Waals surface area contributed by atoms with Crippen LogP contribution in [0.25, 0.3) is 0 Å². The molecule has 0 spiro atoms. The molecule has 0 aromatic carbocycles. The summed E-state index contributed by atoms with van der Waals surface area (Å²) in [5, 5.41) is 2.64. The molecular formula is C20H31NO7. The van der Waals surface area contributed by atoms with Gasteiger partial charge >= 0.3 is 12.1 Å². The molecule has 8 heteroatoms. The average molecular weight is 397 g/mol. The van der Waals surface area contributed by atoms with Gasteiger partial charge in [-0.15, -0.1) is 0 Å². The summed E-state index contributed by atoms with van der Waals surface area (Å²) < 4.78 is 16.1. The van der Waals surface area contributed by atoms with Crippen molar-refractivity contribution in [3.8, 4) is 0 Å². The van der Waals surface area contributed by atoms with Crippen LogP contribution in [0.5, 0.6) is 0 Å². The quantitative estimate of drug-likeness (QED) is 0.532. The molecule has 0 bridgehead atoms. The standard InChI is InChI=1S/C20H31NO7/c1-10-7-20(5,26-6)8-11(2)17(23)13(4)18(24)27-9-14-15(12(3)16(10)22)21-19(25)28-14/h10-15H,7-9H2,1-6H3,(H,21,25)/t10-,11-,12?,13?,14?,15?,20-/m1/s1. The summed E-state index contributed by atoms with van der Waals surface area (Å²) in [7, 11) is 1.56. The van der Waals surface area contributed by atoms with Gasteiger partial charge in [-0.25, -0.2) is 4.79 Å². The highest BCUT2D eigenvalue weighted by Crippen LogP contribution is 2.32. The van der Waals surface area contributed by atoms with E-state index in [1.807, 2.05) is 13.8 Å². The summed E-state index contributed by atoms with van der Waals surface area (Å²) in [5.74, 6) is -3.18. The van der Waals surface area contributed by atoms with E-state index in [2.05, 4.69) is 5.32 Å². The van der Waals surface area contributed by atoms with Crippen LogP contribution >= 0.6 is 0 Å². The van der Waals surface area contributed by atoms with E-state index in [1.165, 1.54) is 6.92 Å². The normalized spacial score (nSPS) is 40.8. The molecule has 0 aromatic heterocycles. The van der Waals surface area contributed by atoms with E-state index >= 15 is 0 Å². The van der Waals surface area contributed by atoms with Crippen molar-refractivity contribution in [2.75, 3.05) is 13.7 Å². The minimum absolute atomic E-state index is 0.0418. The molecule has 2 heterocycles. The van der Waals surface area contributed by atoms with Crippen molar-refractivity contribution in [3.05, 3.63) is 0 Å². The maximum atomic E-state index is 13.0. The Labute approximate surface area is 165 Å². The number of methoxy groups -OCH3 is 1. The number of carbonyl (C=O) groups excluding carboxylic acids is 4. The van der Waals surface area contributed by atoms with E-state index < -0.39 is 47.6 Å². The first-order valence-corrected chi connectivity index (χ1v) is 9.75. The van der Waals surface area contributed by atoms with Crippen LogP contribution in [0.1, 0.15) is 47.5 Å². The third-order valence-electron chi connectivity index (χ3n) is 6.04. The zero-order valence-corrected chi connectivity index (χ0v) is 17.4. The first-order valence-electron chi connectivity index (χ1n) is 9.75. The van der Waals surface area contributed by atoms with Crippen molar-refractivity contribution in [1.82, 2.24) is 5.32 Å². The Morgan fingerprint density at radius 3 is 2.14 bits per heavy atom. The van der Waals surface area contributed by atoms with Crippen molar-refractivity contribution >= 4 is 23.6 Å². The summed E-state index contributed by atoms with van der Waals surface area (Å²) in [4.78, 5) is 49.7. The van der Waals surface area contributed by atoms with E-state index in [4.69, 9.17) is 14.2 Å². The van der Waals surface area contributed by atoms with Crippen LogP contribution in [0, 0.1) is 23.7 Å². The molecule has 4 unspecified atom stereocenters. The molecule has 2 fully saturated rings. The van der Waals surface area contributed by atoms with Crippen LogP contribution < -0.4 is 5.32 Å². The Bertz CT molecular complexity index is 648. The molecule has 7 atom stereocenters. The Morgan fingerprint density at radius 2 is 1.57 bits per heavy atom. The summed E-state index contributed by atoms with van der Waals surface area (Å²) in [6.45, 7) is 8.49. The van der Waals surface area contributed by atoms with Crippen LogP contribution in [0.2, 0.25) is 0 Å². The van der Waals surface area contributed by atoms with Gasteiger partial charge in [0.05, 0.1) is 11.6 Å². The number of cyclic esters (lactones) is 1. The fraction of sp³-hybridized carbons (Fsp3) is 0.800. The van der Waals surface area contributed by atoms with Crippen molar-refractivity contribution in [2.45, 2.75) is 65.2 Å². The molecule has 0 aromatic rings. The molecule has 8 nitrogen and oxygen atoms in total. The summed E-state index contributed by atoms with van der Waals surface area (Å²) in [6, 6.07) is -0.600. The largest absolute Gasteiger partial charge is 0.461 e. The molecule has 2 aliphatic heterocycles. The van der Waals surface area contributed by atoms with Crippen LogP contribution in [0.4, 0.5) is 4.79 Å². The third-order valence-corrected chi connectivity index (χ3v) is 6.04. The van der Waals surface area contributed by atoms with Gasteiger partial charge in [0, 0.05) is 24.9 Å². The molecule has 28 heavy (non-hydrogen) atoms. The second kappa shape index (κ2) is 8.59. The highest BCUT2D eigenvalue weighted by atomic mass is 16.6. The highest BCUT2D eigenvalue weighted by molar-refractivity contribution is 5.99. The van der Waals surface area contributed by atoms with Crippen molar-refractivity contribution in [2.24, 2.45) is 23.7 Å². The van der Waals surface area contributed by atoms with Crippen molar-refractivity contribution in [1.29, 1.82) is 0 Å². The van der Waals surface area contributed by atoms with E-state index in [9.17, 15) is 19.2 Å². The lowest BCUT2D eigenvalue weighted by atomic mass is 9.78. The van der Waals surface area contributed by atoms with Crippen molar-refractivity contribution < 1.29 is 33.4 Å². The first-order chi connectivity index (χ1) is 13.0. The molecule has 0 aliphatic carbocycles. The van der Waals surface area contributed by atoms with Crippen LogP contribution in [0.3, 0.4) is 0 Å². The molecule has 1 N–H and O–H groups in total. The van der Waals surface area contributed by atoms with Gasteiger partial charge in [-0.1, -0.05) is 20.8 Å². The summed E-state index contributed by atoms with van der Waals surface area (Å²) >= 11 is 0. The maximum absolute atomic E-state index is 13.0. The molecule has 0 saturated carbocycles. The number of ether oxygens (including phenoxy) is 3. The molecular weight excluding hydrogens is 366 g/mol. The number of nitrogens with one attached hydrogen (secondary N) is 1. The van der Waals surface area contributed by atoms with Gasteiger partial charge in [-0.2, -0.15) is 0 Å². The Morgan fingerprint density at radius 1 is 1.00 bits per heavy atom. The fourth-order valence-corrected chi connectivity index (χ4v) is 4.26. The third kappa shape index (κ3) is 4.71. The summed E-state index contributed by atoms with van der Waals surface area (Å²) in [6.07, 6.45) is -0.617. The van der Waals surface area contributed by atoms with Gasteiger partial charge in [-0.05, 0) is 26.7 Å². The molecule has 2 aliphatic rings. The maximum Gasteiger partial charge on any atom is 0.407 e. The number of carbonyl (C=O) groups is 4. The number of hydrogen-bond donors (Lipinski definition) is 1. The fourth-order valence-electron chi connectivity index (χ4n) is 4.26. The zero-order chi connectivity index (χ0) is 21.2.